The van der Waals surface area contributed by atoms with Gasteiger partial charge < -0.3 is 14.7 Å². The Balaban J connectivity index is 2.05. The van der Waals surface area contributed by atoms with Gasteiger partial charge in [0.1, 0.15) is 0 Å². The molecule has 1 aliphatic rings. The van der Waals surface area contributed by atoms with E-state index in [-0.39, 0.29) is 25.0 Å². The zero-order valence-corrected chi connectivity index (χ0v) is 12.7. The van der Waals surface area contributed by atoms with Crippen LogP contribution in [-0.4, -0.2) is 47.2 Å². The Hall–Kier alpha value is -1.40. The van der Waals surface area contributed by atoms with E-state index >= 15 is 0 Å². The molecular formula is C14H16BrNO4. The molecule has 0 bridgehead atoms. The Morgan fingerprint density at radius 3 is 2.75 bits per heavy atom. The van der Waals surface area contributed by atoms with Gasteiger partial charge in [0.15, 0.2) is 6.10 Å². The molecule has 0 radical (unpaired) electrons. The van der Waals surface area contributed by atoms with Crippen molar-refractivity contribution in [2.24, 2.45) is 0 Å². The molecular weight excluding hydrogens is 326 g/mol. The number of rotatable bonds is 3. The van der Waals surface area contributed by atoms with E-state index in [1.807, 2.05) is 24.3 Å². The van der Waals surface area contributed by atoms with E-state index < -0.39 is 12.1 Å². The van der Waals surface area contributed by atoms with Crippen molar-refractivity contribution in [3.8, 4) is 0 Å². The Labute approximate surface area is 125 Å². The van der Waals surface area contributed by atoms with Crippen LogP contribution in [0.25, 0.3) is 0 Å². The number of nitrogens with zero attached hydrogens (tertiary/aromatic N) is 1. The molecule has 1 saturated heterocycles. The van der Waals surface area contributed by atoms with Crippen LogP contribution < -0.4 is 0 Å². The fourth-order valence-corrected chi connectivity index (χ4v) is 2.63. The largest absolute Gasteiger partial charge is 0.479 e. The minimum absolute atomic E-state index is 0.0849. The molecule has 0 saturated carbocycles. The van der Waals surface area contributed by atoms with Crippen molar-refractivity contribution in [1.29, 1.82) is 0 Å². The minimum Gasteiger partial charge on any atom is -0.479 e. The normalized spacial score (nSPS) is 22.6. The van der Waals surface area contributed by atoms with E-state index in [9.17, 15) is 9.59 Å². The summed E-state index contributed by atoms with van der Waals surface area (Å²) >= 11 is 3.41. The van der Waals surface area contributed by atoms with Crippen LogP contribution in [0.3, 0.4) is 0 Å². The van der Waals surface area contributed by atoms with Crippen molar-refractivity contribution in [3.63, 3.8) is 0 Å². The van der Waals surface area contributed by atoms with Crippen molar-refractivity contribution in [2.75, 3.05) is 13.1 Å². The van der Waals surface area contributed by atoms with E-state index in [2.05, 4.69) is 15.9 Å². The van der Waals surface area contributed by atoms with Gasteiger partial charge in [-0.3, -0.25) is 4.79 Å². The predicted octanol–water partition coefficient (Wildman–Crippen LogP) is 1.69. The SMILES string of the molecule is C[C@@H]1CN(C(=O)Cc2ccccc2Br)CC(C(=O)O)O1. The molecule has 1 aromatic carbocycles. The summed E-state index contributed by atoms with van der Waals surface area (Å²) in [5.74, 6) is -1.12. The van der Waals surface area contributed by atoms with Gasteiger partial charge in [-0.1, -0.05) is 34.1 Å². The molecule has 0 aliphatic carbocycles. The van der Waals surface area contributed by atoms with Crippen LogP contribution in [0.5, 0.6) is 0 Å². The molecule has 0 spiro atoms. The molecule has 108 valence electrons. The first-order valence-electron chi connectivity index (χ1n) is 6.37. The van der Waals surface area contributed by atoms with Crippen LogP contribution in [0.15, 0.2) is 28.7 Å². The van der Waals surface area contributed by atoms with Gasteiger partial charge in [-0.2, -0.15) is 0 Å². The number of morpholine rings is 1. The number of carbonyl (C=O) groups excluding carboxylic acids is 1. The fourth-order valence-electron chi connectivity index (χ4n) is 2.21. The lowest BCUT2D eigenvalue weighted by Gasteiger charge is -2.35. The number of hydrogen-bond acceptors (Lipinski definition) is 3. The second kappa shape index (κ2) is 6.37. The number of carboxylic acids is 1. The number of aliphatic carboxylic acids is 1. The van der Waals surface area contributed by atoms with Gasteiger partial charge in [0, 0.05) is 11.0 Å². The molecule has 1 N–H and O–H groups in total. The van der Waals surface area contributed by atoms with Crippen LogP contribution in [-0.2, 0) is 20.7 Å². The van der Waals surface area contributed by atoms with Crippen molar-refractivity contribution in [3.05, 3.63) is 34.3 Å². The number of amides is 1. The summed E-state index contributed by atoms with van der Waals surface area (Å²) in [5, 5.41) is 9.02. The molecule has 20 heavy (non-hydrogen) atoms. The Morgan fingerprint density at radius 2 is 2.10 bits per heavy atom. The van der Waals surface area contributed by atoms with Gasteiger partial charge in [0.05, 0.1) is 19.1 Å². The molecule has 1 unspecified atom stereocenters. The van der Waals surface area contributed by atoms with Gasteiger partial charge in [-0.05, 0) is 18.6 Å². The second-order valence-corrected chi connectivity index (χ2v) is 5.69. The number of halogens is 1. The topological polar surface area (TPSA) is 66.8 Å². The molecule has 5 nitrogen and oxygen atoms in total. The lowest BCUT2D eigenvalue weighted by molar-refractivity contribution is -0.166. The van der Waals surface area contributed by atoms with E-state index in [1.54, 1.807) is 11.8 Å². The Morgan fingerprint density at radius 1 is 1.40 bits per heavy atom. The molecule has 1 aliphatic heterocycles. The van der Waals surface area contributed by atoms with E-state index in [0.29, 0.717) is 6.54 Å². The first kappa shape index (κ1) is 15.0. The maximum atomic E-state index is 12.3. The van der Waals surface area contributed by atoms with Crippen molar-refractivity contribution >= 4 is 27.8 Å². The minimum atomic E-state index is -1.03. The predicted molar refractivity (Wildman–Crippen MR) is 76.4 cm³/mol. The highest BCUT2D eigenvalue weighted by Crippen LogP contribution is 2.19. The molecule has 6 heteroatoms. The van der Waals surface area contributed by atoms with E-state index in [1.165, 1.54) is 0 Å². The van der Waals surface area contributed by atoms with Gasteiger partial charge in [-0.25, -0.2) is 4.79 Å². The molecule has 2 atom stereocenters. The molecule has 1 amide bonds. The monoisotopic (exact) mass is 341 g/mol. The standard InChI is InChI=1S/C14H16BrNO4/c1-9-7-16(8-12(20-9)14(18)19)13(17)6-10-4-2-3-5-11(10)15/h2-5,9,12H,6-8H2,1H3,(H,18,19)/t9-,12?/m1/s1. The third-order valence-corrected chi connectivity index (χ3v) is 3.96. The van der Waals surface area contributed by atoms with E-state index in [0.717, 1.165) is 10.0 Å². The van der Waals surface area contributed by atoms with Crippen LogP contribution in [0.1, 0.15) is 12.5 Å². The molecule has 1 fully saturated rings. The lowest BCUT2D eigenvalue weighted by Crippen LogP contribution is -2.52. The number of hydrogen-bond donors (Lipinski definition) is 1. The number of carbonyl (C=O) groups is 2. The highest BCUT2D eigenvalue weighted by atomic mass is 79.9. The molecule has 0 aromatic heterocycles. The highest BCUT2D eigenvalue weighted by molar-refractivity contribution is 9.10. The summed E-state index contributed by atoms with van der Waals surface area (Å²) in [6.07, 6.45) is -0.963. The quantitative estimate of drug-likeness (QED) is 0.908. The zero-order valence-electron chi connectivity index (χ0n) is 11.1. The van der Waals surface area contributed by atoms with Gasteiger partial charge >= 0.3 is 5.97 Å². The average molecular weight is 342 g/mol. The third-order valence-electron chi connectivity index (χ3n) is 3.19. The van der Waals surface area contributed by atoms with Gasteiger partial charge in [-0.15, -0.1) is 0 Å². The smallest absolute Gasteiger partial charge is 0.334 e. The van der Waals surface area contributed by atoms with Crippen molar-refractivity contribution in [1.82, 2.24) is 4.90 Å². The van der Waals surface area contributed by atoms with Crippen LogP contribution in [0.2, 0.25) is 0 Å². The Bertz CT molecular complexity index is 520. The third kappa shape index (κ3) is 3.58. The molecule has 2 rings (SSSR count). The fraction of sp³-hybridized carbons (Fsp3) is 0.429. The van der Waals surface area contributed by atoms with Crippen molar-refractivity contribution < 1.29 is 19.4 Å². The summed E-state index contributed by atoms with van der Waals surface area (Å²) in [6, 6.07) is 7.51. The zero-order chi connectivity index (χ0) is 14.7. The van der Waals surface area contributed by atoms with Crippen molar-refractivity contribution in [2.45, 2.75) is 25.6 Å². The maximum Gasteiger partial charge on any atom is 0.334 e. The van der Waals surface area contributed by atoms with Gasteiger partial charge in [0.25, 0.3) is 0 Å². The summed E-state index contributed by atoms with van der Waals surface area (Å²) in [5.41, 5.74) is 0.892. The summed E-state index contributed by atoms with van der Waals surface area (Å²) in [6.45, 7) is 2.30. The average Bonchev–Trinajstić information content (AvgIpc) is 2.40. The van der Waals surface area contributed by atoms with Gasteiger partial charge in [0.2, 0.25) is 5.91 Å². The second-order valence-electron chi connectivity index (χ2n) is 4.84. The number of carboxylic acid groups (broad SMARTS) is 1. The van der Waals surface area contributed by atoms with Crippen LogP contribution in [0, 0.1) is 0 Å². The summed E-state index contributed by atoms with van der Waals surface area (Å²) in [4.78, 5) is 24.9. The first-order chi connectivity index (χ1) is 9.47. The molecule has 1 aromatic rings. The lowest BCUT2D eigenvalue weighted by atomic mass is 10.1. The maximum absolute atomic E-state index is 12.3. The molecule has 1 heterocycles. The van der Waals surface area contributed by atoms with Crippen LogP contribution in [0.4, 0.5) is 0 Å². The number of ether oxygens (including phenoxy) is 1. The highest BCUT2D eigenvalue weighted by Gasteiger charge is 2.32. The first-order valence-corrected chi connectivity index (χ1v) is 7.16. The van der Waals surface area contributed by atoms with Crippen LogP contribution >= 0.6 is 15.9 Å². The summed E-state index contributed by atoms with van der Waals surface area (Å²) < 4.78 is 6.18. The number of benzene rings is 1. The summed E-state index contributed by atoms with van der Waals surface area (Å²) in [7, 11) is 0. The van der Waals surface area contributed by atoms with E-state index in [4.69, 9.17) is 9.84 Å². The Kier molecular flexibility index (Phi) is 4.77.